The Balaban J connectivity index is 1.79. The highest BCUT2D eigenvalue weighted by Gasteiger charge is 2.21. The molecule has 3 rings (SSSR count). The Morgan fingerprint density at radius 2 is 1.45 bits per heavy atom. The second kappa shape index (κ2) is 9.21. The van der Waals surface area contributed by atoms with Crippen molar-refractivity contribution in [2.45, 2.75) is 13.8 Å². The predicted octanol–water partition coefficient (Wildman–Crippen LogP) is 2.59. The molecule has 2 N–H and O–H groups in total. The van der Waals surface area contributed by atoms with Crippen molar-refractivity contribution in [3.8, 4) is 22.9 Å². The molecule has 0 saturated carbocycles. The molecule has 2 amide bonds. The molecule has 0 bridgehead atoms. The van der Waals surface area contributed by atoms with E-state index in [1.54, 1.807) is 18.5 Å². The van der Waals surface area contributed by atoms with Crippen LogP contribution < -0.4 is 25.1 Å². The quantitative estimate of drug-likeness (QED) is 0.590. The van der Waals surface area contributed by atoms with Crippen molar-refractivity contribution < 1.29 is 23.8 Å². The van der Waals surface area contributed by atoms with Gasteiger partial charge in [-0.25, -0.2) is 4.68 Å². The number of benzene rings is 2. The number of carbonyl (C=O) groups is 2. The van der Waals surface area contributed by atoms with Gasteiger partial charge < -0.3 is 14.2 Å². The first-order valence-corrected chi connectivity index (χ1v) is 9.43. The molecule has 9 heteroatoms. The number of hydrazine groups is 1. The van der Waals surface area contributed by atoms with Crippen LogP contribution >= 0.6 is 0 Å². The Morgan fingerprint density at radius 3 is 2.00 bits per heavy atom. The second-order valence-corrected chi connectivity index (χ2v) is 6.62. The van der Waals surface area contributed by atoms with E-state index in [4.69, 9.17) is 14.2 Å². The zero-order valence-corrected chi connectivity index (χ0v) is 18.0. The van der Waals surface area contributed by atoms with E-state index >= 15 is 0 Å². The Bertz CT molecular complexity index is 1080. The molecule has 0 aliphatic rings. The predicted molar refractivity (Wildman–Crippen MR) is 114 cm³/mol. The van der Waals surface area contributed by atoms with Crippen molar-refractivity contribution >= 4 is 11.8 Å². The van der Waals surface area contributed by atoms with E-state index in [0.717, 1.165) is 5.69 Å². The maximum Gasteiger partial charge on any atom is 0.273 e. The Labute approximate surface area is 179 Å². The molecule has 0 aliphatic carbocycles. The monoisotopic (exact) mass is 424 g/mol. The Morgan fingerprint density at radius 1 is 0.871 bits per heavy atom. The summed E-state index contributed by atoms with van der Waals surface area (Å²) in [6.07, 6.45) is 0. The Kier molecular flexibility index (Phi) is 6.44. The summed E-state index contributed by atoms with van der Waals surface area (Å²) in [5, 5.41) is 4.45. The first-order valence-electron chi connectivity index (χ1n) is 9.43. The largest absolute Gasteiger partial charge is 0.493 e. The number of aromatic nitrogens is 2. The van der Waals surface area contributed by atoms with E-state index in [0.29, 0.717) is 34.2 Å². The van der Waals surface area contributed by atoms with Crippen molar-refractivity contribution in [2.75, 3.05) is 21.3 Å². The summed E-state index contributed by atoms with van der Waals surface area (Å²) in [6.45, 7) is 3.53. The number of nitrogens with zero attached hydrogens (tertiary/aromatic N) is 2. The van der Waals surface area contributed by atoms with Crippen molar-refractivity contribution in [1.82, 2.24) is 20.6 Å². The number of methoxy groups -OCH3 is 3. The van der Waals surface area contributed by atoms with Crippen LogP contribution in [0.2, 0.25) is 0 Å². The number of nitrogens with one attached hydrogen (secondary N) is 2. The molecule has 1 aromatic heterocycles. The summed E-state index contributed by atoms with van der Waals surface area (Å²) < 4.78 is 17.5. The number of ether oxygens (including phenoxy) is 3. The zero-order valence-electron chi connectivity index (χ0n) is 18.0. The van der Waals surface area contributed by atoms with E-state index in [1.165, 1.54) is 33.5 Å². The lowest BCUT2D eigenvalue weighted by Gasteiger charge is -2.14. The number of hydrogen-bond acceptors (Lipinski definition) is 6. The number of carbonyl (C=O) groups excluding carboxylic acids is 2. The SMILES string of the molecule is COc1cc(C(=O)NNC(=O)c2c(C)nn(-c3ccccc3)c2C)cc(OC)c1OC. The highest BCUT2D eigenvalue weighted by atomic mass is 16.5. The first kappa shape index (κ1) is 21.7. The van der Waals surface area contributed by atoms with E-state index in [1.807, 2.05) is 30.3 Å². The zero-order chi connectivity index (χ0) is 22.5. The standard InChI is InChI=1S/C22H24N4O5/c1-13-19(14(2)26(25-13)16-9-7-6-8-10-16)22(28)24-23-21(27)15-11-17(29-3)20(31-5)18(12-15)30-4/h6-12H,1-5H3,(H,23,27)(H,24,28). The Hall–Kier alpha value is -4.01. The number of rotatable bonds is 6. The fourth-order valence-electron chi connectivity index (χ4n) is 3.25. The van der Waals surface area contributed by atoms with E-state index < -0.39 is 11.8 Å². The molecule has 0 radical (unpaired) electrons. The molecule has 0 unspecified atom stereocenters. The van der Waals surface area contributed by atoms with Crippen molar-refractivity contribution in [3.63, 3.8) is 0 Å². The van der Waals surface area contributed by atoms with Gasteiger partial charge in [0.1, 0.15) is 0 Å². The van der Waals surface area contributed by atoms with Crippen LogP contribution in [0.25, 0.3) is 5.69 Å². The van der Waals surface area contributed by atoms with Crippen LogP contribution in [0, 0.1) is 13.8 Å². The maximum atomic E-state index is 12.8. The van der Waals surface area contributed by atoms with Crippen molar-refractivity contribution in [1.29, 1.82) is 0 Å². The molecule has 0 aliphatic heterocycles. The molecular weight excluding hydrogens is 400 g/mol. The van der Waals surface area contributed by atoms with Crippen LogP contribution in [0.5, 0.6) is 17.2 Å². The lowest BCUT2D eigenvalue weighted by Crippen LogP contribution is -2.42. The third-order valence-electron chi connectivity index (χ3n) is 4.74. The summed E-state index contributed by atoms with van der Waals surface area (Å²) in [5.41, 5.74) is 7.50. The third-order valence-corrected chi connectivity index (χ3v) is 4.74. The fourth-order valence-corrected chi connectivity index (χ4v) is 3.25. The lowest BCUT2D eigenvalue weighted by molar-refractivity contribution is 0.0845. The molecule has 0 atom stereocenters. The van der Waals surface area contributed by atoms with Gasteiger partial charge in [0, 0.05) is 5.56 Å². The number of amides is 2. The average Bonchev–Trinajstić information content (AvgIpc) is 3.10. The van der Waals surface area contributed by atoms with Crippen molar-refractivity contribution in [3.05, 3.63) is 65.0 Å². The minimum Gasteiger partial charge on any atom is -0.493 e. The van der Waals surface area contributed by atoms with Gasteiger partial charge in [0.05, 0.1) is 44.0 Å². The van der Waals surface area contributed by atoms with Gasteiger partial charge in [0.15, 0.2) is 11.5 Å². The van der Waals surface area contributed by atoms with E-state index in [-0.39, 0.29) is 5.56 Å². The summed E-state index contributed by atoms with van der Waals surface area (Å²) in [6, 6.07) is 12.5. The lowest BCUT2D eigenvalue weighted by atomic mass is 10.1. The topological polar surface area (TPSA) is 104 Å². The van der Waals surface area contributed by atoms with Crippen LogP contribution in [0.15, 0.2) is 42.5 Å². The highest BCUT2D eigenvalue weighted by Crippen LogP contribution is 2.38. The molecule has 0 saturated heterocycles. The fraction of sp³-hybridized carbons (Fsp3) is 0.227. The molecule has 1 heterocycles. The van der Waals surface area contributed by atoms with Crippen LogP contribution in [-0.2, 0) is 0 Å². The van der Waals surface area contributed by atoms with Gasteiger partial charge in [-0.1, -0.05) is 18.2 Å². The number of para-hydroxylation sites is 1. The first-order chi connectivity index (χ1) is 14.9. The van der Waals surface area contributed by atoms with Crippen LogP contribution in [0.3, 0.4) is 0 Å². The molecule has 3 aromatic rings. The molecule has 162 valence electrons. The van der Waals surface area contributed by atoms with Crippen LogP contribution in [-0.4, -0.2) is 42.9 Å². The van der Waals surface area contributed by atoms with Crippen molar-refractivity contribution in [2.24, 2.45) is 0 Å². The number of aryl methyl sites for hydroxylation is 1. The summed E-state index contributed by atoms with van der Waals surface area (Å²) >= 11 is 0. The van der Waals surface area contributed by atoms with E-state index in [2.05, 4.69) is 16.0 Å². The van der Waals surface area contributed by atoms with Gasteiger partial charge in [0.25, 0.3) is 11.8 Å². The molecule has 0 fully saturated rings. The average molecular weight is 424 g/mol. The molecule has 2 aromatic carbocycles. The molecule has 31 heavy (non-hydrogen) atoms. The molecule has 0 spiro atoms. The third kappa shape index (κ3) is 4.30. The highest BCUT2D eigenvalue weighted by molar-refractivity contribution is 6.00. The van der Waals surface area contributed by atoms with E-state index in [9.17, 15) is 9.59 Å². The van der Waals surface area contributed by atoms with Gasteiger partial charge in [-0.15, -0.1) is 0 Å². The normalized spacial score (nSPS) is 10.4. The van der Waals surface area contributed by atoms with Crippen LogP contribution in [0.4, 0.5) is 0 Å². The number of hydrogen-bond donors (Lipinski definition) is 2. The van der Waals surface area contributed by atoms with Gasteiger partial charge in [-0.3, -0.25) is 20.4 Å². The summed E-state index contributed by atoms with van der Waals surface area (Å²) in [5.74, 6) is 0.00444. The van der Waals surface area contributed by atoms with Gasteiger partial charge in [0.2, 0.25) is 5.75 Å². The minimum absolute atomic E-state index is 0.225. The second-order valence-electron chi connectivity index (χ2n) is 6.62. The smallest absolute Gasteiger partial charge is 0.273 e. The molecule has 9 nitrogen and oxygen atoms in total. The maximum absolute atomic E-state index is 12.8. The van der Waals surface area contributed by atoms with Gasteiger partial charge >= 0.3 is 0 Å². The van der Waals surface area contributed by atoms with Gasteiger partial charge in [-0.2, -0.15) is 5.10 Å². The summed E-state index contributed by atoms with van der Waals surface area (Å²) in [7, 11) is 4.38. The summed E-state index contributed by atoms with van der Waals surface area (Å²) in [4.78, 5) is 25.4. The van der Waals surface area contributed by atoms with Gasteiger partial charge in [-0.05, 0) is 38.1 Å². The molecular formula is C22H24N4O5. The van der Waals surface area contributed by atoms with Crippen LogP contribution in [0.1, 0.15) is 32.1 Å². The minimum atomic E-state index is -0.543.